The van der Waals surface area contributed by atoms with Crippen molar-refractivity contribution in [3.8, 4) is 5.88 Å². The van der Waals surface area contributed by atoms with Gasteiger partial charge in [0.2, 0.25) is 5.88 Å². The van der Waals surface area contributed by atoms with Gasteiger partial charge in [-0.3, -0.25) is 0 Å². The lowest BCUT2D eigenvalue weighted by atomic mass is 9.93. The molecule has 0 spiro atoms. The van der Waals surface area contributed by atoms with Crippen LogP contribution in [0.4, 0.5) is 4.79 Å². The average molecular weight is 334 g/mol. The molecular weight excluding hydrogens is 312 g/mol. The van der Waals surface area contributed by atoms with Crippen molar-refractivity contribution in [1.82, 2.24) is 20.6 Å². The average Bonchev–Trinajstić information content (AvgIpc) is 3.00. The third-order valence-corrected chi connectivity index (χ3v) is 4.03. The first-order valence-electron chi connectivity index (χ1n) is 7.34. The summed E-state index contributed by atoms with van der Waals surface area (Å²) in [6, 6.07) is 3.39. The maximum atomic E-state index is 11.9. The van der Waals surface area contributed by atoms with Gasteiger partial charge in [-0.05, 0) is 11.6 Å². The number of nitrogens with zero attached hydrogens (tertiary/aromatic N) is 2. The molecule has 23 heavy (non-hydrogen) atoms. The molecule has 7 heteroatoms. The Bertz CT molecular complexity index is 664. The first kappa shape index (κ1) is 17.2. The molecule has 0 saturated heterocycles. The minimum absolute atomic E-state index is 0.0252. The van der Waals surface area contributed by atoms with Gasteiger partial charge in [0.05, 0.1) is 19.3 Å². The van der Waals surface area contributed by atoms with Gasteiger partial charge in [0.1, 0.15) is 5.01 Å². The molecule has 2 N–H and O–H groups in total. The molecule has 2 aromatic heterocycles. The Kier molecular flexibility index (Phi) is 5.54. The monoisotopic (exact) mass is 334 g/mol. The zero-order chi connectivity index (χ0) is 16.9. The molecular formula is C16H22N4O2S. The lowest BCUT2D eigenvalue weighted by Crippen LogP contribution is -2.34. The van der Waals surface area contributed by atoms with Crippen LogP contribution in [-0.2, 0) is 18.5 Å². The van der Waals surface area contributed by atoms with Gasteiger partial charge in [-0.1, -0.05) is 20.8 Å². The number of amides is 2. The Morgan fingerprint density at radius 1 is 1.30 bits per heavy atom. The number of methoxy groups -OCH3 is 1. The number of thiazole rings is 1. The number of ether oxygens (including phenoxy) is 1. The van der Waals surface area contributed by atoms with Crippen LogP contribution in [0, 0.1) is 0 Å². The summed E-state index contributed by atoms with van der Waals surface area (Å²) in [5.74, 6) is 0.530. The molecule has 0 aliphatic rings. The van der Waals surface area contributed by atoms with Gasteiger partial charge in [-0.2, -0.15) is 0 Å². The van der Waals surface area contributed by atoms with Crippen LogP contribution < -0.4 is 15.4 Å². The minimum Gasteiger partial charge on any atom is -0.481 e. The van der Waals surface area contributed by atoms with E-state index in [0.717, 1.165) is 16.3 Å². The Labute approximate surface area is 140 Å². The fourth-order valence-corrected chi connectivity index (χ4v) is 2.77. The number of carbonyl (C=O) groups excluding carboxylic acids is 1. The van der Waals surface area contributed by atoms with Crippen molar-refractivity contribution in [3.63, 3.8) is 0 Å². The SMILES string of the molecule is COc1cc(CNC(=O)NCc2nc(C(C)(C)C)cs2)ccn1. The van der Waals surface area contributed by atoms with Crippen molar-refractivity contribution in [2.24, 2.45) is 0 Å². The summed E-state index contributed by atoms with van der Waals surface area (Å²) in [6.07, 6.45) is 1.65. The van der Waals surface area contributed by atoms with Crippen molar-refractivity contribution in [2.75, 3.05) is 7.11 Å². The molecule has 0 bridgehead atoms. The summed E-state index contributed by atoms with van der Waals surface area (Å²) < 4.78 is 5.05. The van der Waals surface area contributed by atoms with Gasteiger partial charge in [-0.25, -0.2) is 14.8 Å². The Morgan fingerprint density at radius 3 is 2.70 bits per heavy atom. The number of nitrogens with one attached hydrogen (secondary N) is 2. The molecule has 0 saturated carbocycles. The van der Waals surface area contributed by atoms with Crippen LogP contribution in [0.3, 0.4) is 0 Å². The summed E-state index contributed by atoms with van der Waals surface area (Å²) in [4.78, 5) is 20.4. The molecule has 2 amide bonds. The summed E-state index contributed by atoms with van der Waals surface area (Å²) in [7, 11) is 1.56. The quantitative estimate of drug-likeness (QED) is 0.881. The van der Waals surface area contributed by atoms with Crippen LogP contribution in [0.25, 0.3) is 0 Å². The first-order valence-corrected chi connectivity index (χ1v) is 8.22. The topological polar surface area (TPSA) is 76.1 Å². The summed E-state index contributed by atoms with van der Waals surface area (Å²) in [5.41, 5.74) is 2.00. The largest absolute Gasteiger partial charge is 0.481 e. The molecule has 0 aromatic carbocycles. The van der Waals surface area contributed by atoms with Crippen LogP contribution in [0.1, 0.15) is 37.0 Å². The smallest absolute Gasteiger partial charge is 0.315 e. The van der Waals surface area contributed by atoms with Crippen LogP contribution in [0.2, 0.25) is 0 Å². The second-order valence-electron chi connectivity index (χ2n) is 6.12. The molecule has 0 aliphatic heterocycles. The highest BCUT2D eigenvalue weighted by Gasteiger charge is 2.17. The number of pyridine rings is 1. The zero-order valence-electron chi connectivity index (χ0n) is 13.8. The Hall–Kier alpha value is -2.15. The number of carbonyl (C=O) groups is 1. The zero-order valence-corrected chi connectivity index (χ0v) is 14.7. The van der Waals surface area contributed by atoms with E-state index in [1.165, 1.54) is 0 Å². The highest BCUT2D eigenvalue weighted by molar-refractivity contribution is 7.09. The van der Waals surface area contributed by atoms with E-state index in [2.05, 4.69) is 41.4 Å². The van der Waals surface area contributed by atoms with Gasteiger partial charge in [0, 0.05) is 29.6 Å². The summed E-state index contributed by atoms with van der Waals surface area (Å²) in [5, 5.41) is 8.55. The highest BCUT2D eigenvalue weighted by atomic mass is 32.1. The summed E-state index contributed by atoms with van der Waals surface area (Å²) >= 11 is 1.56. The van der Waals surface area contributed by atoms with Crippen LogP contribution in [0.5, 0.6) is 5.88 Å². The highest BCUT2D eigenvalue weighted by Crippen LogP contribution is 2.23. The van der Waals surface area contributed by atoms with Crippen LogP contribution in [0.15, 0.2) is 23.7 Å². The van der Waals surface area contributed by atoms with E-state index >= 15 is 0 Å². The third-order valence-electron chi connectivity index (χ3n) is 3.18. The molecule has 0 radical (unpaired) electrons. The second-order valence-corrected chi connectivity index (χ2v) is 7.06. The van der Waals surface area contributed by atoms with E-state index in [-0.39, 0.29) is 11.4 Å². The fraction of sp³-hybridized carbons (Fsp3) is 0.438. The number of urea groups is 1. The molecule has 0 fully saturated rings. The number of rotatable bonds is 5. The van der Waals surface area contributed by atoms with Gasteiger partial charge in [0.25, 0.3) is 0 Å². The van der Waals surface area contributed by atoms with E-state index in [1.807, 2.05) is 11.4 Å². The molecule has 124 valence electrons. The van der Waals surface area contributed by atoms with Crippen molar-refractivity contribution in [3.05, 3.63) is 40.0 Å². The molecule has 2 heterocycles. The van der Waals surface area contributed by atoms with E-state index in [9.17, 15) is 4.79 Å². The molecule has 0 aliphatic carbocycles. The molecule has 2 aromatic rings. The van der Waals surface area contributed by atoms with E-state index in [0.29, 0.717) is 19.0 Å². The summed E-state index contributed by atoms with van der Waals surface area (Å²) in [6.45, 7) is 7.20. The number of hydrogen-bond donors (Lipinski definition) is 2. The maximum absolute atomic E-state index is 11.9. The van der Waals surface area contributed by atoms with Crippen molar-refractivity contribution >= 4 is 17.4 Å². The predicted molar refractivity (Wildman–Crippen MR) is 90.7 cm³/mol. The molecule has 0 atom stereocenters. The van der Waals surface area contributed by atoms with Gasteiger partial charge in [0.15, 0.2) is 0 Å². The van der Waals surface area contributed by atoms with Gasteiger partial charge < -0.3 is 15.4 Å². The van der Waals surface area contributed by atoms with Crippen molar-refractivity contribution in [1.29, 1.82) is 0 Å². The maximum Gasteiger partial charge on any atom is 0.315 e. The predicted octanol–water partition coefficient (Wildman–Crippen LogP) is 2.84. The first-order chi connectivity index (χ1) is 10.9. The molecule has 6 nitrogen and oxygen atoms in total. The molecule has 0 unspecified atom stereocenters. The minimum atomic E-state index is -0.228. The fourth-order valence-electron chi connectivity index (χ4n) is 1.81. The number of aromatic nitrogens is 2. The normalized spacial score (nSPS) is 11.1. The van der Waals surface area contributed by atoms with E-state index < -0.39 is 0 Å². The second kappa shape index (κ2) is 7.41. The lowest BCUT2D eigenvalue weighted by Gasteiger charge is -2.14. The van der Waals surface area contributed by atoms with E-state index in [1.54, 1.807) is 30.7 Å². The van der Waals surface area contributed by atoms with E-state index in [4.69, 9.17) is 4.74 Å². The molecule has 2 rings (SSSR count). The third kappa shape index (κ3) is 5.21. The number of hydrogen-bond acceptors (Lipinski definition) is 5. The van der Waals surface area contributed by atoms with Gasteiger partial charge in [-0.15, -0.1) is 11.3 Å². The van der Waals surface area contributed by atoms with Crippen molar-refractivity contribution in [2.45, 2.75) is 39.3 Å². The Morgan fingerprint density at radius 2 is 2.04 bits per heavy atom. The standard InChI is InChI=1S/C16H22N4O2S/c1-16(2,3)12-10-23-14(20-12)9-19-15(21)18-8-11-5-6-17-13(7-11)22-4/h5-7,10H,8-9H2,1-4H3,(H2,18,19,21). The van der Waals surface area contributed by atoms with Gasteiger partial charge >= 0.3 is 6.03 Å². The van der Waals surface area contributed by atoms with Crippen LogP contribution >= 0.6 is 11.3 Å². The lowest BCUT2D eigenvalue weighted by molar-refractivity contribution is 0.240. The van der Waals surface area contributed by atoms with Crippen molar-refractivity contribution < 1.29 is 9.53 Å². The van der Waals surface area contributed by atoms with Crippen LogP contribution in [-0.4, -0.2) is 23.1 Å². The Balaban J connectivity index is 1.80.